The van der Waals surface area contributed by atoms with Gasteiger partial charge in [0, 0.05) is 43.7 Å². The Morgan fingerprint density at radius 3 is 2.65 bits per heavy atom. The van der Waals surface area contributed by atoms with Gasteiger partial charge in [-0.05, 0) is 30.8 Å². The van der Waals surface area contributed by atoms with Crippen LogP contribution in [0.15, 0.2) is 48.5 Å². The van der Waals surface area contributed by atoms with Gasteiger partial charge in [0.15, 0.2) is 0 Å². The third-order valence-electron chi connectivity index (χ3n) is 5.87. The highest BCUT2D eigenvalue weighted by molar-refractivity contribution is 5.77. The Balaban J connectivity index is 1.50. The van der Waals surface area contributed by atoms with E-state index in [4.69, 9.17) is 15.2 Å². The summed E-state index contributed by atoms with van der Waals surface area (Å²) in [5, 5.41) is 0. The molecule has 1 aromatic heterocycles. The molecule has 0 unspecified atom stereocenters. The average Bonchev–Trinajstić information content (AvgIpc) is 2.97. The van der Waals surface area contributed by atoms with Crippen LogP contribution in [-0.2, 0) is 13.0 Å². The van der Waals surface area contributed by atoms with Crippen molar-refractivity contribution >= 4 is 11.8 Å². The van der Waals surface area contributed by atoms with Gasteiger partial charge >= 0.3 is 0 Å². The zero-order valence-corrected chi connectivity index (χ0v) is 17.8. The number of nitrogens with zero attached hydrogens (tertiary/aromatic N) is 4. The summed E-state index contributed by atoms with van der Waals surface area (Å²) in [6, 6.07) is 16.0. The number of ether oxygens (including phenoxy) is 2. The first-order valence-corrected chi connectivity index (χ1v) is 10.7. The highest BCUT2D eigenvalue weighted by atomic mass is 16.5. The summed E-state index contributed by atoms with van der Waals surface area (Å²) in [6.45, 7) is 4.94. The van der Waals surface area contributed by atoms with Crippen molar-refractivity contribution < 1.29 is 9.47 Å². The molecule has 0 aliphatic carbocycles. The lowest BCUT2D eigenvalue weighted by Gasteiger charge is -2.34. The second-order valence-corrected chi connectivity index (χ2v) is 8.05. The maximum atomic E-state index is 6.17. The van der Waals surface area contributed by atoms with Crippen LogP contribution in [-0.4, -0.2) is 54.7 Å². The maximum absolute atomic E-state index is 6.17. The number of nitrogen functional groups attached to an aromatic ring is 1. The van der Waals surface area contributed by atoms with Gasteiger partial charge in [-0.2, -0.15) is 4.98 Å². The lowest BCUT2D eigenvalue weighted by molar-refractivity contribution is 0.303. The molecule has 0 bridgehead atoms. The van der Waals surface area contributed by atoms with E-state index in [1.165, 1.54) is 0 Å². The first-order chi connectivity index (χ1) is 15.2. The monoisotopic (exact) mass is 417 g/mol. The van der Waals surface area contributed by atoms with Crippen LogP contribution in [0, 0.1) is 0 Å². The predicted molar refractivity (Wildman–Crippen MR) is 122 cm³/mol. The van der Waals surface area contributed by atoms with Crippen LogP contribution in [0.4, 0.5) is 11.8 Å². The Labute approximate surface area is 182 Å². The molecule has 0 saturated carbocycles. The number of nitrogens with two attached hydrogens (primary N) is 1. The smallest absolute Gasteiger partial charge is 0.222 e. The van der Waals surface area contributed by atoms with E-state index in [9.17, 15) is 0 Å². The quantitative estimate of drug-likeness (QED) is 0.699. The molecule has 5 rings (SSSR count). The number of aromatic nitrogens is 2. The highest BCUT2D eigenvalue weighted by Crippen LogP contribution is 2.40. The van der Waals surface area contributed by atoms with Gasteiger partial charge in [0.1, 0.15) is 23.9 Å². The van der Waals surface area contributed by atoms with E-state index in [0.29, 0.717) is 13.2 Å². The van der Waals surface area contributed by atoms with Gasteiger partial charge in [0.2, 0.25) is 5.95 Å². The molecule has 0 atom stereocenters. The number of piperazine rings is 1. The SMILES string of the molecule is CN1CCN(c2nc(N)nc3c2CCOc2ccc(OCc4ccccc4)cc2-3)CC1. The van der Waals surface area contributed by atoms with E-state index in [-0.39, 0.29) is 5.95 Å². The van der Waals surface area contributed by atoms with Gasteiger partial charge in [0.25, 0.3) is 0 Å². The van der Waals surface area contributed by atoms with Crippen molar-refractivity contribution in [1.29, 1.82) is 0 Å². The van der Waals surface area contributed by atoms with Crippen LogP contribution in [0.25, 0.3) is 11.3 Å². The van der Waals surface area contributed by atoms with E-state index in [1.54, 1.807) is 0 Å². The third kappa shape index (κ3) is 4.14. The Morgan fingerprint density at radius 2 is 1.84 bits per heavy atom. The summed E-state index contributed by atoms with van der Waals surface area (Å²) in [4.78, 5) is 13.9. The molecule has 0 radical (unpaired) electrons. The van der Waals surface area contributed by atoms with Crippen LogP contribution in [0.3, 0.4) is 0 Å². The minimum Gasteiger partial charge on any atom is -0.493 e. The number of benzene rings is 2. The molecule has 7 heteroatoms. The van der Waals surface area contributed by atoms with Crippen molar-refractivity contribution in [3.05, 3.63) is 59.7 Å². The number of hydrogen-bond acceptors (Lipinski definition) is 7. The first-order valence-electron chi connectivity index (χ1n) is 10.7. The number of anilines is 2. The Kier molecular flexibility index (Phi) is 5.34. The van der Waals surface area contributed by atoms with Crippen LogP contribution in [0.5, 0.6) is 11.5 Å². The molecule has 3 aromatic rings. The van der Waals surface area contributed by atoms with Crippen LogP contribution in [0.2, 0.25) is 0 Å². The normalized spacial score (nSPS) is 16.1. The van der Waals surface area contributed by atoms with Crippen molar-refractivity contribution in [2.45, 2.75) is 13.0 Å². The first kappa shape index (κ1) is 19.6. The maximum Gasteiger partial charge on any atom is 0.222 e. The Morgan fingerprint density at radius 1 is 1.03 bits per heavy atom. The molecule has 1 saturated heterocycles. The summed E-state index contributed by atoms with van der Waals surface area (Å²) < 4.78 is 12.1. The van der Waals surface area contributed by atoms with Gasteiger partial charge in [-0.15, -0.1) is 0 Å². The molecule has 0 amide bonds. The van der Waals surface area contributed by atoms with Crippen molar-refractivity contribution in [2.24, 2.45) is 0 Å². The van der Waals surface area contributed by atoms with Gasteiger partial charge in [-0.1, -0.05) is 30.3 Å². The third-order valence-corrected chi connectivity index (χ3v) is 5.87. The molecule has 1 fully saturated rings. The molecule has 0 spiro atoms. The van der Waals surface area contributed by atoms with Crippen molar-refractivity contribution in [2.75, 3.05) is 50.5 Å². The standard InChI is InChI=1S/C24H27N5O2/c1-28-10-12-29(13-11-28)23-19-9-14-30-21-8-7-18(31-16-17-5-3-2-4-6-17)15-20(21)22(19)26-24(25)27-23/h2-8,15H,9-14,16H2,1H3,(H2,25,26,27). The van der Waals surface area contributed by atoms with E-state index in [0.717, 1.165) is 72.3 Å². The van der Waals surface area contributed by atoms with E-state index in [1.807, 2.05) is 36.4 Å². The molecule has 2 aliphatic heterocycles. The summed E-state index contributed by atoms with van der Waals surface area (Å²) in [5.41, 5.74) is 10.1. The minimum atomic E-state index is 0.288. The van der Waals surface area contributed by atoms with Gasteiger partial charge in [-0.3, -0.25) is 0 Å². The fourth-order valence-electron chi connectivity index (χ4n) is 4.14. The van der Waals surface area contributed by atoms with Crippen LogP contribution in [0.1, 0.15) is 11.1 Å². The fourth-order valence-corrected chi connectivity index (χ4v) is 4.14. The second-order valence-electron chi connectivity index (χ2n) is 8.05. The molecular formula is C24H27N5O2. The zero-order chi connectivity index (χ0) is 21.2. The number of likely N-dealkylation sites (N-methyl/N-ethyl adjacent to an activating group) is 1. The largest absolute Gasteiger partial charge is 0.493 e. The summed E-state index contributed by atoms with van der Waals surface area (Å²) in [7, 11) is 2.15. The fraction of sp³-hybridized carbons (Fsp3) is 0.333. The van der Waals surface area contributed by atoms with Gasteiger partial charge < -0.3 is 25.0 Å². The highest BCUT2D eigenvalue weighted by Gasteiger charge is 2.26. The van der Waals surface area contributed by atoms with E-state index >= 15 is 0 Å². The molecule has 31 heavy (non-hydrogen) atoms. The Bertz CT molecular complexity index is 1070. The lowest BCUT2D eigenvalue weighted by Crippen LogP contribution is -2.45. The summed E-state index contributed by atoms with van der Waals surface area (Å²) in [6.07, 6.45) is 0.742. The molecular weight excluding hydrogens is 390 g/mol. The molecule has 2 aliphatic rings. The second kappa shape index (κ2) is 8.43. The molecule has 160 valence electrons. The van der Waals surface area contributed by atoms with E-state index < -0.39 is 0 Å². The van der Waals surface area contributed by atoms with Crippen LogP contribution >= 0.6 is 0 Å². The molecule has 7 nitrogen and oxygen atoms in total. The topological polar surface area (TPSA) is 76.7 Å². The zero-order valence-electron chi connectivity index (χ0n) is 17.8. The molecule has 2 N–H and O–H groups in total. The molecule has 2 aromatic carbocycles. The van der Waals surface area contributed by atoms with Crippen molar-refractivity contribution in [3.63, 3.8) is 0 Å². The lowest BCUT2D eigenvalue weighted by atomic mass is 10.0. The predicted octanol–water partition coefficient (Wildman–Crippen LogP) is 2.99. The average molecular weight is 418 g/mol. The van der Waals surface area contributed by atoms with Crippen molar-refractivity contribution in [3.8, 4) is 22.8 Å². The van der Waals surface area contributed by atoms with Gasteiger partial charge in [0.05, 0.1) is 12.3 Å². The molecule has 3 heterocycles. The summed E-state index contributed by atoms with van der Waals surface area (Å²) >= 11 is 0. The number of fused-ring (bicyclic) bond motifs is 3. The summed E-state index contributed by atoms with van der Waals surface area (Å²) in [5.74, 6) is 2.80. The number of hydrogen-bond donors (Lipinski definition) is 1. The number of rotatable bonds is 4. The van der Waals surface area contributed by atoms with Crippen LogP contribution < -0.4 is 20.1 Å². The van der Waals surface area contributed by atoms with E-state index in [2.05, 4.69) is 38.9 Å². The van der Waals surface area contributed by atoms with Crippen molar-refractivity contribution in [1.82, 2.24) is 14.9 Å². The Hall–Kier alpha value is -3.32. The van der Waals surface area contributed by atoms with Gasteiger partial charge in [-0.25, -0.2) is 4.98 Å². The minimum absolute atomic E-state index is 0.288.